The molecule has 2 aliphatic heterocycles. The molecule has 4 heterocycles. The van der Waals surface area contributed by atoms with E-state index in [2.05, 4.69) is 48.5 Å². The predicted molar refractivity (Wildman–Crippen MR) is 149 cm³/mol. The van der Waals surface area contributed by atoms with Gasteiger partial charge in [-0.15, -0.1) is 0 Å². The molecule has 2 aliphatic rings. The van der Waals surface area contributed by atoms with Crippen molar-refractivity contribution in [2.45, 2.75) is 39.3 Å². The van der Waals surface area contributed by atoms with E-state index in [-0.39, 0.29) is 17.4 Å². The number of aromatic amines is 1. The molecule has 1 saturated heterocycles. The lowest BCUT2D eigenvalue weighted by Crippen LogP contribution is -2.49. The number of hydrogen-bond acceptors (Lipinski definition) is 6. The number of H-pyrrole nitrogens is 1. The van der Waals surface area contributed by atoms with Crippen LogP contribution in [0.2, 0.25) is 0 Å². The molecule has 5 rings (SSSR count). The maximum Gasteiger partial charge on any atom is 0.318 e. The van der Waals surface area contributed by atoms with Gasteiger partial charge < -0.3 is 25.4 Å². The molecular weight excluding hydrogens is 483 g/mol. The third-order valence-corrected chi connectivity index (χ3v) is 7.05. The van der Waals surface area contributed by atoms with Gasteiger partial charge in [0.05, 0.1) is 5.39 Å². The third kappa shape index (κ3) is 6.14. The molecule has 2 amide bonds. The summed E-state index contributed by atoms with van der Waals surface area (Å²) in [5.74, 6) is 0.470. The van der Waals surface area contributed by atoms with Crippen LogP contribution in [0.1, 0.15) is 38.4 Å². The van der Waals surface area contributed by atoms with E-state index in [9.17, 15) is 9.18 Å². The molecule has 2 aromatic heterocycles. The minimum Gasteiger partial charge on any atom is -0.340 e. The highest BCUT2D eigenvalue weighted by molar-refractivity contribution is 5.92. The number of piperazine rings is 1. The van der Waals surface area contributed by atoms with Gasteiger partial charge in [0.15, 0.2) is 0 Å². The quantitative estimate of drug-likeness (QED) is 0.467. The largest absolute Gasteiger partial charge is 0.340 e. The number of aromatic nitrogens is 3. The first-order valence-electron chi connectivity index (χ1n) is 13.2. The van der Waals surface area contributed by atoms with Crippen LogP contribution >= 0.6 is 0 Å². The fraction of sp³-hybridized carbons (Fsp3) is 0.464. The van der Waals surface area contributed by atoms with Crippen molar-refractivity contribution in [3.63, 3.8) is 0 Å². The van der Waals surface area contributed by atoms with E-state index in [0.29, 0.717) is 31.0 Å². The standard InChI is InChI=1S/C28H37FN8O/c1-28(2,3)34-27(38)37-9-7-19(8-10-37)24-16-22-25(30-18-31-26(22)33-24)32-21-5-6-23(29)20(15-21)17-36-13-11-35(4)12-14-36/h5-7,15-16,18H,8-14,17H2,1-4H3,(H,34,38)(H2,30,31,32,33). The van der Waals surface area contributed by atoms with Crippen molar-refractivity contribution >= 4 is 34.1 Å². The van der Waals surface area contributed by atoms with Crippen LogP contribution in [0.4, 0.5) is 20.7 Å². The Hall–Kier alpha value is -3.50. The van der Waals surface area contributed by atoms with Crippen molar-refractivity contribution < 1.29 is 9.18 Å². The Morgan fingerprint density at radius 2 is 1.89 bits per heavy atom. The zero-order valence-electron chi connectivity index (χ0n) is 22.6. The van der Waals surface area contributed by atoms with Crippen LogP contribution in [0.25, 0.3) is 16.6 Å². The lowest BCUT2D eigenvalue weighted by Gasteiger charge is -2.32. The van der Waals surface area contributed by atoms with Crippen molar-refractivity contribution in [1.82, 2.24) is 35.0 Å². The van der Waals surface area contributed by atoms with Crippen molar-refractivity contribution in [2.24, 2.45) is 0 Å². The summed E-state index contributed by atoms with van der Waals surface area (Å²) < 4.78 is 14.6. The predicted octanol–water partition coefficient (Wildman–Crippen LogP) is 4.19. The van der Waals surface area contributed by atoms with E-state index in [4.69, 9.17) is 0 Å². The molecule has 1 fully saturated rings. The number of halogens is 1. The van der Waals surface area contributed by atoms with Gasteiger partial charge in [-0.3, -0.25) is 4.90 Å². The Bertz CT molecular complexity index is 1340. The highest BCUT2D eigenvalue weighted by Crippen LogP contribution is 2.30. The number of benzene rings is 1. The van der Waals surface area contributed by atoms with Gasteiger partial charge in [-0.25, -0.2) is 19.2 Å². The van der Waals surface area contributed by atoms with Crippen molar-refractivity contribution in [2.75, 3.05) is 51.6 Å². The second-order valence-corrected chi connectivity index (χ2v) is 11.3. The van der Waals surface area contributed by atoms with E-state index in [1.807, 2.05) is 37.8 Å². The van der Waals surface area contributed by atoms with E-state index >= 15 is 0 Å². The smallest absolute Gasteiger partial charge is 0.318 e. The summed E-state index contributed by atoms with van der Waals surface area (Å²) in [6.45, 7) is 11.6. The van der Waals surface area contributed by atoms with Crippen molar-refractivity contribution in [3.8, 4) is 0 Å². The molecule has 10 heteroatoms. The van der Waals surface area contributed by atoms with Crippen LogP contribution < -0.4 is 10.6 Å². The summed E-state index contributed by atoms with van der Waals surface area (Å²) in [7, 11) is 2.11. The Kier molecular flexibility index (Phi) is 7.36. The Morgan fingerprint density at radius 1 is 1.11 bits per heavy atom. The third-order valence-electron chi connectivity index (χ3n) is 7.05. The number of amides is 2. The van der Waals surface area contributed by atoms with Crippen molar-refractivity contribution in [1.29, 1.82) is 0 Å². The lowest BCUT2D eigenvalue weighted by molar-refractivity contribution is 0.147. The molecule has 3 N–H and O–H groups in total. The number of carbonyl (C=O) groups excluding carboxylic acids is 1. The molecule has 0 atom stereocenters. The van der Waals surface area contributed by atoms with Crippen LogP contribution in [0.3, 0.4) is 0 Å². The van der Waals surface area contributed by atoms with Crippen LogP contribution in [-0.2, 0) is 6.54 Å². The number of hydrogen-bond donors (Lipinski definition) is 3. The van der Waals surface area contributed by atoms with Crippen molar-refractivity contribution in [3.05, 3.63) is 53.7 Å². The molecule has 0 saturated carbocycles. The van der Waals surface area contributed by atoms with Crippen LogP contribution in [-0.4, -0.2) is 87.5 Å². The highest BCUT2D eigenvalue weighted by Gasteiger charge is 2.23. The topological polar surface area (TPSA) is 92.4 Å². The summed E-state index contributed by atoms with van der Waals surface area (Å²) in [5.41, 5.74) is 4.03. The first kappa shape index (κ1) is 26.1. The molecular formula is C28H37FN8O. The number of anilines is 2. The summed E-state index contributed by atoms with van der Waals surface area (Å²) in [6, 6.07) is 7.13. The number of likely N-dealkylation sites (N-methyl/N-ethyl adjacent to an activating group) is 1. The number of carbonyl (C=O) groups is 1. The Morgan fingerprint density at radius 3 is 2.61 bits per heavy atom. The van der Waals surface area contributed by atoms with Gasteiger partial charge in [-0.2, -0.15) is 0 Å². The number of fused-ring (bicyclic) bond motifs is 1. The first-order chi connectivity index (χ1) is 18.1. The number of nitrogens with one attached hydrogen (secondary N) is 3. The summed E-state index contributed by atoms with van der Waals surface area (Å²) in [5, 5.41) is 7.26. The van der Waals surface area contributed by atoms with Gasteiger partial charge in [-0.05, 0) is 64.1 Å². The average molecular weight is 521 g/mol. The maximum absolute atomic E-state index is 14.6. The van der Waals surface area contributed by atoms with Crippen LogP contribution in [0.5, 0.6) is 0 Å². The van der Waals surface area contributed by atoms with Gasteiger partial charge in [0, 0.05) is 68.3 Å². The Balaban J connectivity index is 1.31. The second kappa shape index (κ2) is 10.7. The fourth-order valence-electron chi connectivity index (χ4n) is 4.87. The average Bonchev–Trinajstić information content (AvgIpc) is 3.32. The Labute approximate surface area is 223 Å². The summed E-state index contributed by atoms with van der Waals surface area (Å²) in [6.07, 6.45) is 4.35. The number of urea groups is 1. The highest BCUT2D eigenvalue weighted by atomic mass is 19.1. The monoisotopic (exact) mass is 520 g/mol. The normalized spacial score (nSPS) is 17.5. The molecule has 1 aromatic carbocycles. The zero-order chi connectivity index (χ0) is 26.9. The van der Waals surface area contributed by atoms with Gasteiger partial charge >= 0.3 is 6.03 Å². The zero-order valence-corrected chi connectivity index (χ0v) is 22.6. The lowest BCUT2D eigenvalue weighted by atomic mass is 10.0. The van der Waals surface area contributed by atoms with Gasteiger partial charge in [-0.1, -0.05) is 6.08 Å². The molecule has 0 bridgehead atoms. The first-order valence-corrected chi connectivity index (χ1v) is 13.2. The number of nitrogens with zero attached hydrogens (tertiary/aromatic N) is 5. The SMILES string of the molecule is CN1CCN(Cc2cc(Nc3ncnc4[nH]c(C5=CCN(C(=O)NC(C)(C)C)CC5)cc34)ccc2F)CC1. The molecule has 0 unspecified atom stereocenters. The van der Waals surface area contributed by atoms with Gasteiger partial charge in [0.1, 0.15) is 23.6 Å². The van der Waals surface area contributed by atoms with Gasteiger partial charge in [0.2, 0.25) is 0 Å². The molecule has 0 spiro atoms. The van der Waals surface area contributed by atoms with E-state index in [0.717, 1.165) is 60.6 Å². The molecule has 0 aliphatic carbocycles. The molecule has 0 radical (unpaired) electrons. The molecule has 202 valence electrons. The van der Waals surface area contributed by atoms with Gasteiger partial charge in [0.25, 0.3) is 0 Å². The minimum atomic E-state index is -0.268. The molecule has 9 nitrogen and oxygen atoms in total. The molecule has 3 aromatic rings. The van der Waals surface area contributed by atoms with Crippen LogP contribution in [0, 0.1) is 5.82 Å². The summed E-state index contributed by atoms with van der Waals surface area (Å²) in [4.78, 5) is 31.2. The molecule has 38 heavy (non-hydrogen) atoms. The fourth-order valence-corrected chi connectivity index (χ4v) is 4.87. The van der Waals surface area contributed by atoms with E-state index in [1.165, 1.54) is 12.4 Å². The van der Waals surface area contributed by atoms with E-state index in [1.54, 1.807) is 6.07 Å². The van der Waals surface area contributed by atoms with Crippen LogP contribution in [0.15, 0.2) is 36.7 Å². The second-order valence-electron chi connectivity index (χ2n) is 11.3. The van der Waals surface area contributed by atoms with E-state index < -0.39 is 0 Å². The maximum atomic E-state index is 14.6. The summed E-state index contributed by atoms with van der Waals surface area (Å²) >= 11 is 0. The minimum absolute atomic E-state index is 0.0481. The number of rotatable bonds is 5.